The Labute approximate surface area is 138 Å². The maximum absolute atomic E-state index is 11.3. The molecule has 20 heavy (non-hydrogen) atoms. The fourth-order valence-corrected chi connectivity index (χ4v) is 2.22. The number of halogens is 1. The van der Waals surface area contributed by atoms with Crippen molar-refractivity contribution in [1.29, 1.82) is 0 Å². The van der Waals surface area contributed by atoms with E-state index in [1.807, 2.05) is 0 Å². The number of hydrogen-bond donors (Lipinski definition) is 3. The second kappa shape index (κ2) is 10.9. The van der Waals surface area contributed by atoms with Gasteiger partial charge >= 0.3 is 0 Å². The van der Waals surface area contributed by atoms with Gasteiger partial charge in [-0.25, -0.2) is 4.99 Å². The molecule has 0 aromatic rings. The van der Waals surface area contributed by atoms with Crippen molar-refractivity contribution in [3.05, 3.63) is 12.7 Å². The molecule has 7 heteroatoms. The molecule has 1 saturated heterocycles. The zero-order valence-corrected chi connectivity index (χ0v) is 14.4. The lowest BCUT2D eigenvalue weighted by Crippen LogP contribution is -2.43. The van der Waals surface area contributed by atoms with Crippen molar-refractivity contribution in [3.8, 4) is 0 Å². The summed E-state index contributed by atoms with van der Waals surface area (Å²) in [6.45, 7) is 9.20. The summed E-state index contributed by atoms with van der Waals surface area (Å²) in [6.07, 6.45) is 4.05. The van der Waals surface area contributed by atoms with Crippen LogP contribution in [0.5, 0.6) is 0 Å². The molecule has 1 atom stereocenters. The molecule has 0 aromatic carbocycles. The third-order valence-corrected chi connectivity index (χ3v) is 3.26. The number of carbonyl (C=O) groups excluding carboxylic acids is 1. The summed E-state index contributed by atoms with van der Waals surface area (Å²) in [5.74, 6) is 0.178. The fourth-order valence-electron chi connectivity index (χ4n) is 2.22. The molecule has 4 N–H and O–H groups in total. The smallest absolute Gasteiger partial charge is 0.242 e. The zero-order chi connectivity index (χ0) is 14.1. The Hall–Kier alpha value is -0.830. The van der Waals surface area contributed by atoms with Crippen molar-refractivity contribution in [3.63, 3.8) is 0 Å². The van der Waals surface area contributed by atoms with Crippen molar-refractivity contribution < 1.29 is 4.79 Å². The van der Waals surface area contributed by atoms with E-state index in [9.17, 15) is 4.79 Å². The van der Waals surface area contributed by atoms with Crippen LogP contribution in [0.1, 0.15) is 19.8 Å². The average Bonchev–Trinajstić information content (AvgIpc) is 2.87. The first-order chi connectivity index (χ1) is 9.17. The summed E-state index contributed by atoms with van der Waals surface area (Å²) in [4.78, 5) is 17.7. The Morgan fingerprint density at radius 3 is 2.95 bits per heavy atom. The lowest BCUT2D eigenvalue weighted by Gasteiger charge is -2.23. The van der Waals surface area contributed by atoms with E-state index in [1.165, 1.54) is 12.8 Å². The Morgan fingerprint density at radius 1 is 1.55 bits per heavy atom. The van der Waals surface area contributed by atoms with Crippen molar-refractivity contribution in [2.75, 3.05) is 32.7 Å². The molecular formula is C13H26IN5O. The molecule has 1 amide bonds. The summed E-state index contributed by atoms with van der Waals surface area (Å²) in [6, 6.07) is 0.522. The Kier molecular flexibility index (Phi) is 10.4. The third kappa shape index (κ3) is 7.09. The number of hydrogen-bond acceptors (Lipinski definition) is 3. The van der Waals surface area contributed by atoms with Crippen molar-refractivity contribution in [1.82, 2.24) is 15.5 Å². The molecule has 0 aliphatic carbocycles. The van der Waals surface area contributed by atoms with E-state index in [1.54, 1.807) is 6.08 Å². The maximum atomic E-state index is 11.3. The highest BCUT2D eigenvalue weighted by Crippen LogP contribution is 2.15. The third-order valence-electron chi connectivity index (χ3n) is 3.26. The molecule has 1 unspecified atom stereocenters. The van der Waals surface area contributed by atoms with Gasteiger partial charge in [-0.2, -0.15) is 0 Å². The molecule has 0 spiro atoms. The first-order valence-electron chi connectivity index (χ1n) is 6.82. The van der Waals surface area contributed by atoms with E-state index in [0.717, 1.165) is 19.6 Å². The molecule has 0 saturated carbocycles. The van der Waals surface area contributed by atoms with Gasteiger partial charge in [0.2, 0.25) is 5.91 Å². The minimum absolute atomic E-state index is 0. The SMILES string of the molecule is C=CCNC(=O)CN=C(N)NCC1CCCN1CC.I. The molecule has 6 nitrogen and oxygen atoms in total. The quantitative estimate of drug-likeness (QED) is 0.251. The van der Waals surface area contributed by atoms with E-state index in [2.05, 4.69) is 34.0 Å². The molecule has 1 fully saturated rings. The number of guanidine groups is 1. The normalized spacial score (nSPS) is 19.2. The van der Waals surface area contributed by atoms with Crippen LogP contribution < -0.4 is 16.4 Å². The van der Waals surface area contributed by atoms with Crippen LogP contribution in [0.2, 0.25) is 0 Å². The van der Waals surface area contributed by atoms with Gasteiger partial charge in [0.1, 0.15) is 6.54 Å². The zero-order valence-electron chi connectivity index (χ0n) is 12.1. The van der Waals surface area contributed by atoms with Crippen LogP contribution in [0, 0.1) is 0 Å². The van der Waals surface area contributed by atoms with Crippen LogP contribution >= 0.6 is 24.0 Å². The van der Waals surface area contributed by atoms with Gasteiger partial charge in [-0.05, 0) is 25.9 Å². The molecule has 1 aliphatic rings. The number of rotatable bonds is 7. The van der Waals surface area contributed by atoms with Crippen molar-refractivity contribution in [2.24, 2.45) is 10.7 Å². The number of nitrogens with zero attached hydrogens (tertiary/aromatic N) is 2. The lowest BCUT2D eigenvalue weighted by molar-refractivity contribution is -0.119. The minimum atomic E-state index is -0.152. The van der Waals surface area contributed by atoms with E-state index >= 15 is 0 Å². The number of nitrogens with two attached hydrogens (primary N) is 1. The van der Waals surface area contributed by atoms with Crippen LogP contribution in [0.25, 0.3) is 0 Å². The highest BCUT2D eigenvalue weighted by atomic mass is 127. The highest BCUT2D eigenvalue weighted by molar-refractivity contribution is 14.0. The van der Waals surface area contributed by atoms with Gasteiger partial charge in [-0.1, -0.05) is 13.0 Å². The van der Waals surface area contributed by atoms with Crippen molar-refractivity contribution in [2.45, 2.75) is 25.8 Å². The molecule has 1 aliphatic heterocycles. The van der Waals surface area contributed by atoms with Gasteiger partial charge in [-0.3, -0.25) is 9.69 Å². The predicted molar refractivity (Wildman–Crippen MR) is 93.4 cm³/mol. The molecule has 0 radical (unpaired) electrons. The summed E-state index contributed by atoms with van der Waals surface area (Å²) in [7, 11) is 0. The van der Waals surface area contributed by atoms with Crippen LogP contribution in [-0.2, 0) is 4.79 Å². The monoisotopic (exact) mass is 395 g/mol. The highest BCUT2D eigenvalue weighted by Gasteiger charge is 2.22. The summed E-state index contributed by atoms with van der Waals surface area (Å²) in [5.41, 5.74) is 5.74. The molecule has 0 aromatic heterocycles. The van der Waals surface area contributed by atoms with E-state index in [-0.39, 0.29) is 36.4 Å². The average molecular weight is 395 g/mol. The van der Waals surface area contributed by atoms with Crippen LogP contribution in [0.3, 0.4) is 0 Å². The molecule has 1 heterocycles. The predicted octanol–water partition coefficient (Wildman–Crippen LogP) is 0.295. The van der Waals surface area contributed by atoms with Gasteiger partial charge in [0.25, 0.3) is 0 Å². The lowest BCUT2D eigenvalue weighted by atomic mass is 10.2. The number of nitrogens with one attached hydrogen (secondary N) is 2. The fraction of sp³-hybridized carbons (Fsp3) is 0.692. The molecule has 116 valence electrons. The molecular weight excluding hydrogens is 369 g/mol. The molecule has 1 rings (SSSR count). The van der Waals surface area contributed by atoms with Crippen LogP contribution in [-0.4, -0.2) is 55.5 Å². The van der Waals surface area contributed by atoms with E-state index in [0.29, 0.717) is 18.5 Å². The largest absolute Gasteiger partial charge is 0.370 e. The minimum Gasteiger partial charge on any atom is -0.370 e. The van der Waals surface area contributed by atoms with Gasteiger partial charge in [0.05, 0.1) is 0 Å². The molecule has 0 bridgehead atoms. The number of aliphatic imine (C=N–C) groups is 1. The Balaban J connectivity index is 0.00000361. The number of likely N-dealkylation sites (N-methyl/N-ethyl adjacent to an activating group) is 1. The second-order valence-electron chi connectivity index (χ2n) is 4.60. The summed E-state index contributed by atoms with van der Waals surface area (Å²) < 4.78 is 0. The van der Waals surface area contributed by atoms with Crippen molar-refractivity contribution >= 4 is 35.8 Å². The Bertz CT molecular complexity index is 335. The van der Waals surface area contributed by atoms with E-state index in [4.69, 9.17) is 5.73 Å². The van der Waals surface area contributed by atoms with Crippen LogP contribution in [0.15, 0.2) is 17.6 Å². The van der Waals surface area contributed by atoms with Gasteiger partial charge in [-0.15, -0.1) is 30.6 Å². The van der Waals surface area contributed by atoms with Gasteiger partial charge in [0, 0.05) is 19.1 Å². The maximum Gasteiger partial charge on any atom is 0.242 e. The first kappa shape index (κ1) is 19.2. The van der Waals surface area contributed by atoms with Crippen LogP contribution in [0.4, 0.5) is 0 Å². The topological polar surface area (TPSA) is 82.8 Å². The van der Waals surface area contributed by atoms with Gasteiger partial charge in [0.15, 0.2) is 5.96 Å². The summed E-state index contributed by atoms with van der Waals surface area (Å²) in [5, 5.41) is 5.73. The van der Waals surface area contributed by atoms with Gasteiger partial charge < -0.3 is 16.4 Å². The number of likely N-dealkylation sites (tertiary alicyclic amines) is 1. The summed E-state index contributed by atoms with van der Waals surface area (Å²) >= 11 is 0. The second-order valence-corrected chi connectivity index (χ2v) is 4.60. The first-order valence-corrected chi connectivity index (χ1v) is 6.82. The standard InChI is InChI=1S/C13H25N5O.HI/c1-3-7-15-12(19)10-17-13(14)16-9-11-6-5-8-18(11)4-2;/h3,11H,1,4-10H2,2H3,(H,15,19)(H3,14,16,17);1H. The van der Waals surface area contributed by atoms with E-state index < -0.39 is 0 Å². The Morgan fingerprint density at radius 2 is 2.30 bits per heavy atom. The number of carbonyl (C=O) groups is 1. The number of amides is 1.